The van der Waals surface area contributed by atoms with E-state index in [2.05, 4.69) is 0 Å². The van der Waals surface area contributed by atoms with Gasteiger partial charge in [0.25, 0.3) is 0 Å². The van der Waals surface area contributed by atoms with Crippen LogP contribution in [0, 0.1) is 0 Å². The van der Waals surface area contributed by atoms with Crippen LogP contribution in [0.4, 0.5) is 0 Å². The third-order valence-corrected chi connectivity index (χ3v) is 4.81. The predicted octanol–water partition coefficient (Wildman–Crippen LogP) is 4.63. The van der Waals surface area contributed by atoms with E-state index in [1.165, 1.54) is 21.3 Å². The van der Waals surface area contributed by atoms with Gasteiger partial charge in [0.15, 0.2) is 17.3 Å². The zero-order valence-corrected chi connectivity index (χ0v) is 17.6. The lowest BCUT2D eigenvalue weighted by molar-refractivity contribution is 0.103. The molecule has 0 amide bonds. The molecule has 0 radical (unpaired) electrons. The van der Waals surface area contributed by atoms with Crippen molar-refractivity contribution in [2.75, 3.05) is 35.5 Å². The van der Waals surface area contributed by atoms with Crippen molar-refractivity contribution in [3.63, 3.8) is 0 Å². The molecule has 0 bridgehead atoms. The maximum absolute atomic E-state index is 13.5. The van der Waals surface area contributed by atoms with Crippen LogP contribution in [-0.4, -0.2) is 41.3 Å². The van der Waals surface area contributed by atoms with Crippen molar-refractivity contribution in [2.24, 2.45) is 0 Å². The quantitative estimate of drug-likeness (QED) is 0.507. The van der Waals surface area contributed by atoms with Crippen molar-refractivity contribution in [1.82, 2.24) is 0 Å². The smallest absolute Gasteiger partial charge is 0.203 e. The molecule has 156 valence electrons. The maximum Gasteiger partial charge on any atom is 0.203 e. The van der Waals surface area contributed by atoms with E-state index in [9.17, 15) is 4.79 Å². The highest BCUT2D eigenvalue weighted by Gasteiger charge is 2.26. The molecule has 0 N–H and O–H groups in total. The number of ketones is 1. The Kier molecular flexibility index (Phi) is 6.47. The van der Waals surface area contributed by atoms with Crippen molar-refractivity contribution in [3.8, 4) is 39.9 Å². The lowest BCUT2D eigenvalue weighted by Gasteiger charge is -2.19. The lowest BCUT2D eigenvalue weighted by atomic mass is 9.92. The van der Waals surface area contributed by atoms with Crippen molar-refractivity contribution in [1.29, 1.82) is 0 Å². The van der Waals surface area contributed by atoms with Gasteiger partial charge in [-0.05, 0) is 48.0 Å². The van der Waals surface area contributed by atoms with Crippen LogP contribution < -0.4 is 23.7 Å². The Balaban J connectivity index is 2.26. The highest BCUT2D eigenvalue weighted by Crippen LogP contribution is 2.47. The second-order valence-electron chi connectivity index (χ2n) is 6.35. The van der Waals surface area contributed by atoms with Gasteiger partial charge in [-0.1, -0.05) is 12.1 Å². The van der Waals surface area contributed by atoms with Crippen LogP contribution in [0.1, 0.15) is 15.9 Å². The molecule has 0 aliphatic carbocycles. The Labute approximate surface area is 175 Å². The SMILES string of the molecule is COc1ccc(C(=O)c2cc(OC)c(OC)c(OC)c2-c2ccc(OC)cc2)cc1. The van der Waals surface area contributed by atoms with Crippen molar-refractivity contribution >= 4 is 5.78 Å². The molecule has 0 unspecified atom stereocenters. The van der Waals surface area contributed by atoms with Crippen LogP contribution in [0.25, 0.3) is 11.1 Å². The molecule has 0 heterocycles. The first-order valence-corrected chi connectivity index (χ1v) is 9.24. The number of methoxy groups -OCH3 is 5. The Morgan fingerprint density at radius 1 is 0.633 bits per heavy atom. The Morgan fingerprint density at radius 2 is 1.17 bits per heavy atom. The molecule has 3 rings (SSSR count). The zero-order valence-electron chi connectivity index (χ0n) is 17.6. The number of carbonyl (C=O) groups is 1. The fourth-order valence-electron chi connectivity index (χ4n) is 3.28. The summed E-state index contributed by atoms with van der Waals surface area (Å²) in [6, 6.07) is 16.0. The van der Waals surface area contributed by atoms with Gasteiger partial charge in [-0.15, -0.1) is 0 Å². The van der Waals surface area contributed by atoms with Crippen LogP contribution in [-0.2, 0) is 0 Å². The van der Waals surface area contributed by atoms with Crippen LogP contribution in [0.5, 0.6) is 28.7 Å². The molecular formula is C24H24O6. The summed E-state index contributed by atoms with van der Waals surface area (Å²) in [7, 11) is 7.77. The number of rotatable bonds is 8. The van der Waals surface area contributed by atoms with Crippen LogP contribution in [0.2, 0.25) is 0 Å². The van der Waals surface area contributed by atoms with E-state index in [0.717, 1.165) is 5.56 Å². The minimum absolute atomic E-state index is 0.178. The molecule has 6 heteroatoms. The van der Waals surface area contributed by atoms with Gasteiger partial charge >= 0.3 is 0 Å². The average Bonchev–Trinajstić information content (AvgIpc) is 2.82. The fraction of sp³-hybridized carbons (Fsp3) is 0.208. The molecule has 0 aliphatic rings. The molecule has 3 aromatic carbocycles. The fourth-order valence-corrected chi connectivity index (χ4v) is 3.28. The van der Waals surface area contributed by atoms with Gasteiger partial charge in [0.2, 0.25) is 5.75 Å². The zero-order chi connectivity index (χ0) is 21.7. The number of benzene rings is 3. The van der Waals surface area contributed by atoms with E-state index in [1.54, 1.807) is 44.6 Å². The summed E-state index contributed by atoms with van der Waals surface area (Å²) in [6.45, 7) is 0. The topological polar surface area (TPSA) is 63.2 Å². The van der Waals surface area contributed by atoms with E-state index in [4.69, 9.17) is 23.7 Å². The molecule has 0 fully saturated rings. The number of hydrogen-bond acceptors (Lipinski definition) is 6. The van der Waals surface area contributed by atoms with Crippen molar-refractivity contribution in [2.45, 2.75) is 0 Å². The molecule has 6 nitrogen and oxygen atoms in total. The molecular weight excluding hydrogens is 384 g/mol. The standard InChI is InChI=1S/C24H24O6/c1-26-17-10-6-15(7-11-17)21-19(14-20(28-3)23(29-4)24(21)30-5)22(25)16-8-12-18(27-2)13-9-16/h6-14H,1-5H3. The molecule has 30 heavy (non-hydrogen) atoms. The van der Waals surface area contributed by atoms with Gasteiger partial charge in [-0.25, -0.2) is 0 Å². The first-order valence-electron chi connectivity index (χ1n) is 9.24. The van der Waals surface area contributed by atoms with Gasteiger partial charge < -0.3 is 23.7 Å². The van der Waals surface area contributed by atoms with Crippen molar-refractivity contribution < 1.29 is 28.5 Å². The second-order valence-corrected chi connectivity index (χ2v) is 6.35. The Hall–Kier alpha value is -3.67. The van der Waals surface area contributed by atoms with E-state index in [0.29, 0.717) is 45.4 Å². The van der Waals surface area contributed by atoms with E-state index in [1.807, 2.05) is 24.3 Å². The number of carbonyl (C=O) groups excluding carboxylic acids is 1. The third-order valence-electron chi connectivity index (χ3n) is 4.81. The first-order chi connectivity index (χ1) is 14.6. The average molecular weight is 408 g/mol. The van der Waals surface area contributed by atoms with Crippen LogP contribution in [0.3, 0.4) is 0 Å². The summed E-state index contributed by atoms with van der Waals surface area (Å²) >= 11 is 0. The summed E-state index contributed by atoms with van der Waals surface area (Å²) in [5, 5.41) is 0. The van der Waals surface area contributed by atoms with Gasteiger partial charge in [0.1, 0.15) is 11.5 Å². The molecule has 3 aromatic rings. The predicted molar refractivity (Wildman–Crippen MR) is 115 cm³/mol. The van der Waals surface area contributed by atoms with Gasteiger partial charge in [0.05, 0.1) is 35.5 Å². The lowest BCUT2D eigenvalue weighted by Crippen LogP contribution is -2.07. The molecule has 0 atom stereocenters. The summed E-state index contributed by atoms with van der Waals surface area (Å²) in [5.41, 5.74) is 2.34. The van der Waals surface area contributed by atoms with Gasteiger partial charge in [-0.2, -0.15) is 0 Å². The number of ether oxygens (including phenoxy) is 5. The summed E-state index contributed by atoms with van der Waals surface area (Å²) in [6.07, 6.45) is 0. The number of hydrogen-bond donors (Lipinski definition) is 0. The maximum atomic E-state index is 13.5. The largest absolute Gasteiger partial charge is 0.497 e. The van der Waals surface area contributed by atoms with E-state index >= 15 is 0 Å². The van der Waals surface area contributed by atoms with E-state index in [-0.39, 0.29) is 5.78 Å². The van der Waals surface area contributed by atoms with Gasteiger partial charge in [-0.3, -0.25) is 4.79 Å². The molecule has 0 saturated heterocycles. The third kappa shape index (κ3) is 3.89. The Bertz CT molecular complexity index is 1020. The van der Waals surface area contributed by atoms with Gasteiger partial charge in [0, 0.05) is 16.7 Å². The van der Waals surface area contributed by atoms with Crippen molar-refractivity contribution in [3.05, 3.63) is 65.7 Å². The molecule has 0 spiro atoms. The highest BCUT2D eigenvalue weighted by molar-refractivity contribution is 6.14. The normalized spacial score (nSPS) is 10.3. The molecule has 0 aromatic heterocycles. The summed E-state index contributed by atoms with van der Waals surface area (Å²) < 4.78 is 27.1. The first kappa shape index (κ1) is 21.0. The minimum Gasteiger partial charge on any atom is -0.497 e. The monoisotopic (exact) mass is 408 g/mol. The Morgan fingerprint density at radius 3 is 1.63 bits per heavy atom. The summed E-state index contributed by atoms with van der Waals surface area (Å²) in [4.78, 5) is 13.5. The minimum atomic E-state index is -0.178. The second kappa shape index (κ2) is 9.22. The highest BCUT2D eigenvalue weighted by atomic mass is 16.5. The summed E-state index contributed by atoms with van der Waals surface area (Å²) in [5.74, 6) is 2.44. The van der Waals surface area contributed by atoms with Crippen LogP contribution in [0.15, 0.2) is 54.6 Å². The van der Waals surface area contributed by atoms with Crippen LogP contribution >= 0.6 is 0 Å². The van der Waals surface area contributed by atoms with E-state index < -0.39 is 0 Å². The molecule has 0 aliphatic heterocycles. The molecule has 0 saturated carbocycles.